The van der Waals surface area contributed by atoms with Crippen LogP contribution in [-0.2, 0) is 25.9 Å². The third-order valence-corrected chi connectivity index (χ3v) is 9.30. The van der Waals surface area contributed by atoms with Crippen molar-refractivity contribution >= 4 is 0 Å². The molecule has 2 nitrogen and oxygen atoms in total. The highest BCUT2D eigenvalue weighted by Crippen LogP contribution is 2.15. The van der Waals surface area contributed by atoms with Gasteiger partial charge in [0.25, 0.3) is 5.82 Å². The van der Waals surface area contributed by atoms with Crippen molar-refractivity contribution in [2.75, 3.05) is 0 Å². The molecule has 0 unspecified atom stereocenters. The number of nitrogens with zero attached hydrogens (tertiary/aromatic N) is 2. The molecule has 0 aliphatic carbocycles. The van der Waals surface area contributed by atoms with Crippen LogP contribution < -0.4 is 4.57 Å². The van der Waals surface area contributed by atoms with Gasteiger partial charge >= 0.3 is 0 Å². The number of benzene rings is 1. The van der Waals surface area contributed by atoms with Crippen LogP contribution in [0.2, 0.25) is 0 Å². The quantitative estimate of drug-likeness (QED) is 0.0643. The summed E-state index contributed by atoms with van der Waals surface area (Å²) in [5.41, 5.74) is 1.47. The summed E-state index contributed by atoms with van der Waals surface area (Å²) in [4.78, 5) is 0. The molecule has 0 radical (unpaired) electrons. The second-order valence-electron chi connectivity index (χ2n) is 13.2. The highest BCUT2D eigenvalue weighted by Gasteiger charge is 2.16. The highest BCUT2D eigenvalue weighted by molar-refractivity contribution is 5.14. The summed E-state index contributed by atoms with van der Waals surface area (Å²) in [7, 11) is 0. The van der Waals surface area contributed by atoms with Gasteiger partial charge in [0.1, 0.15) is 12.4 Å². The van der Waals surface area contributed by atoms with E-state index in [0.29, 0.717) is 0 Å². The molecule has 0 atom stereocenters. The van der Waals surface area contributed by atoms with Crippen molar-refractivity contribution in [1.82, 2.24) is 4.57 Å². The fourth-order valence-corrected chi connectivity index (χ4v) is 6.54. The molecule has 0 aliphatic heterocycles. The summed E-state index contributed by atoms with van der Waals surface area (Å²) >= 11 is 0. The van der Waals surface area contributed by atoms with Crippen LogP contribution in [0.25, 0.3) is 0 Å². The van der Waals surface area contributed by atoms with E-state index in [4.69, 9.17) is 0 Å². The summed E-state index contributed by atoms with van der Waals surface area (Å²) in [6.07, 6.45) is 42.6. The van der Waals surface area contributed by atoms with Gasteiger partial charge in [-0.25, -0.2) is 9.13 Å². The second-order valence-corrected chi connectivity index (χ2v) is 13.2. The molecule has 0 spiro atoms. The fourth-order valence-electron chi connectivity index (χ4n) is 6.54. The molecular weight excluding hydrogens is 508 g/mol. The molecule has 2 rings (SSSR count). The lowest BCUT2D eigenvalue weighted by molar-refractivity contribution is -0.704. The Morgan fingerprint density at radius 1 is 0.476 bits per heavy atom. The van der Waals surface area contributed by atoms with Crippen LogP contribution in [0.15, 0.2) is 42.7 Å². The van der Waals surface area contributed by atoms with Crippen LogP contribution in [0.1, 0.15) is 186 Å². The average molecular weight is 580 g/mol. The number of aryl methyl sites for hydroxylation is 3. The monoisotopic (exact) mass is 580 g/mol. The normalized spacial score (nSPS) is 11.5. The first-order valence-corrected chi connectivity index (χ1v) is 19.0. The van der Waals surface area contributed by atoms with E-state index in [0.717, 1.165) is 6.54 Å². The number of aromatic nitrogens is 2. The van der Waals surface area contributed by atoms with Crippen molar-refractivity contribution in [3.8, 4) is 0 Å². The van der Waals surface area contributed by atoms with Crippen LogP contribution in [0.5, 0.6) is 0 Å². The van der Waals surface area contributed by atoms with E-state index >= 15 is 0 Å². The smallest absolute Gasteiger partial charge is 0.234 e. The molecule has 1 aromatic heterocycles. The van der Waals surface area contributed by atoms with E-state index < -0.39 is 0 Å². The minimum atomic E-state index is 1.15. The van der Waals surface area contributed by atoms with E-state index in [1.165, 1.54) is 185 Å². The van der Waals surface area contributed by atoms with Crippen molar-refractivity contribution in [3.63, 3.8) is 0 Å². The molecule has 0 aliphatic rings. The summed E-state index contributed by atoms with van der Waals surface area (Å²) in [5.74, 6) is 1.58. The Bertz CT molecular complexity index is 823. The van der Waals surface area contributed by atoms with Crippen LogP contribution in [0.4, 0.5) is 0 Å². The first kappa shape index (κ1) is 36.6. The molecule has 1 aromatic carbocycles. The van der Waals surface area contributed by atoms with Gasteiger partial charge in [-0.15, -0.1) is 0 Å². The lowest BCUT2D eigenvalue weighted by atomic mass is 10.0. The zero-order chi connectivity index (χ0) is 29.8. The maximum Gasteiger partial charge on any atom is 0.256 e. The summed E-state index contributed by atoms with van der Waals surface area (Å²) in [6, 6.07) is 11.0. The number of rotatable bonds is 30. The Morgan fingerprint density at radius 2 is 0.929 bits per heavy atom. The zero-order valence-electron chi connectivity index (χ0n) is 28.4. The molecule has 42 heavy (non-hydrogen) atoms. The SMILES string of the molecule is CCCCCCCCCCCCCCCCCc1n(CCCCCCCCCCC)cc[n+]1CCCc1ccccc1. The van der Waals surface area contributed by atoms with Crippen molar-refractivity contribution in [1.29, 1.82) is 0 Å². The number of imidazole rings is 1. The molecule has 0 bridgehead atoms. The van der Waals surface area contributed by atoms with Gasteiger partial charge < -0.3 is 0 Å². The number of hydrogen-bond acceptors (Lipinski definition) is 0. The van der Waals surface area contributed by atoms with E-state index in [-0.39, 0.29) is 0 Å². The molecule has 0 saturated carbocycles. The lowest BCUT2D eigenvalue weighted by Gasteiger charge is -2.07. The summed E-state index contributed by atoms with van der Waals surface area (Å²) in [6.45, 7) is 6.97. The summed E-state index contributed by atoms with van der Waals surface area (Å²) < 4.78 is 5.19. The summed E-state index contributed by atoms with van der Waals surface area (Å²) in [5, 5.41) is 0. The molecule has 240 valence electrons. The maximum absolute atomic E-state index is 2.60. The van der Waals surface area contributed by atoms with Crippen molar-refractivity contribution in [3.05, 3.63) is 54.1 Å². The largest absolute Gasteiger partial charge is 0.256 e. The molecule has 2 aromatic rings. The molecule has 0 saturated heterocycles. The van der Waals surface area contributed by atoms with Gasteiger partial charge in [0.15, 0.2) is 0 Å². The minimum Gasteiger partial charge on any atom is -0.234 e. The Balaban J connectivity index is 1.62. The second kappa shape index (κ2) is 27.0. The van der Waals surface area contributed by atoms with E-state index in [9.17, 15) is 0 Å². The first-order valence-electron chi connectivity index (χ1n) is 19.0. The Kier molecular flexibility index (Phi) is 23.6. The topological polar surface area (TPSA) is 8.81 Å². The number of hydrogen-bond donors (Lipinski definition) is 0. The number of unbranched alkanes of at least 4 members (excludes halogenated alkanes) is 22. The predicted octanol–water partition coefficient (Wildman–Crippen LogP) is 12.4. The van der Waals surface area contributed by atoms with E-state index in [1.807, 2.05) is 0 Å². The van der Waals surface area contributed by atoms with Gasteiger partial charge in [-0.05, 0) is 37.7 Å². The highest BCUT2D eigenvalue weighted by atomic mass is 15.1. The third-order valence-electron chi connectivity index (χ3n) is 9.30. The molecule has 0 amide bonds. The molecule has 0 fully saturated rings. The van der Waals surface area contributed by atoms with Crippen LogP contribution in [0.3, 0.4) is 0 Å². The van der Waals surface area contributed by atoms with Crippen LogP contribution in [-0.4, -0.2) is 4.57 Å². The van der Waals surface area contributed by atoms with E-state index in [2.05, 4.69) is 65.7 Å². The maximum atomic E-state index is 2.60. The average Bonchev–Trinajstić information content (AvgIpc) is 3.39. The third kappa shape index (κ3) is 18.9. The Labute approximate surface area is 263 Å². The molecular formula is C40H71N2+. The minimum absolute atomic E-state index is 1.15. The zero-order valence-corrected chi connectivity index (χ0v) is 28.4. The fraction of sp³-hybridized carbons (Fsp3) is 0.775. The van der Waals surface area contributed by atoms with Crippen LogP contribution >= 0.6 is 0 Å². The van der Waals surface area contributed by atoms with E-state index in [1.54, 1.807) is 5.82 Å². The van der Waals surface area contributed by atoms with Crippen molar-refractivity contribution < 1.29 is 4.57 Å². The van der Waals surface area contributed by atoms with Crippen LogP contribution in [0, 0.1) is 0 Å². The Morgan fingerprint density at radius 3 is 1.43 bits per heavy atom. The van der Waals surface area contributed by atoms with Gasteiger partial charge in [-0.3, -0.25) is 0 Å². The van der Waals surface area contributed by atoms with Gasteiger partial charge in [-0.1, -0.05) is 179 Å². The van der Waals surface area contributed by atoms with Gasteiger partial charge in [0.05, 0.1) is 13.1 Å². The van der Waals surface area contributed by atoms with Gasteiger partial charge in [-0.2, -0.15) is 0 Å². The standard InChI is InChI=1S/C40H71N2/c1-3-5-7-9-11-13-14-15-16-17-18-19-21-23-28-34-40-41(35-29-24-22-20-12-10-8-6-4-2)37-38-42(40)36-30-33-39-31-26-25-27-32-39/h25-27,31-32,37-38H,3-24,28-30,33-36H2,1-2H3/q+1. The van der Waals surface area contributed by atoms with Crippen molar-refractivity contribution in [2.45, 2.75) is 200 Å². The molecule has 0 N–H and O–H groups in total. The molecule has 2 heteroatoms. The van der Waals surface area contributed by atoms with Crippen molar-refractivity contribution in [2.24, 2.45) is 0 Å². The van der Waals surface area contributed by atoms with Gasteiger partial charge in [0, 0.05) is 6.42 Å². The lowest BCUT2D eigenvalue weighted by Crippen LogP contribution is -2.37. The first-order chi connectivity index (χ1) is 20.8. The van der Waals surface area contributed by atoms with Gasteiger partial charge in [0.2, 0.25) is 0 Å². The Hall–Kier alpha value is -1.57. The predicted molar refractivity (Wildman–Crippen MR) is 185 cm³/mol. The molecule has 1 heterocycles.